The summed E-state index contributed by atoms with van der Waals surface area (Å²) in [5.74, 6) is 0.705. The van der Waals surface area contributed by atoms with E-state index >= 15 is 0 Å². The van der Waals surface area contributed by atoms with Crippen LogP contribution in [0.15, 0.2) is 59.9 Å². The third-order valence-electron chi connectivity index (χ3n) is 5.00. The molecule has 0 N–H and O–H groups in total. The molecule has 7 heteroatoms. The Balaban J connectivity index is 1.64. The topological polar surface area (TPSA) is 67.2 Å². The summed E-state index contributed by atoms with van der Waals surface area (Å²) in [5, 5.41) is 0. The van der Waals surface area contributed by atoms with Crippen molar-refractivity contribution in [2.24, 2.45) is 7.05 Å². The van der Waals surface area contributed by atoms with E-state index in [4.69, 9.17) is 4.98 Å². The molecule has 138 valence electrons. The minimum atomic E-state index is -0.0597. The molecular formula is C20H22N6O. The van der Waals surface area contributed by atoms with Crippen molar-refractivity contribution >= 4 is 11.6 Å². The van der Waals surface area contributed by atoms with Crippen molar-refractivity contribution in [3.8, 4) is 11.3 Å². The Labute approximate surface area is 157 Å². The Morgan fingerprint density at radius 2 is 1.67 bits per heavy atom. The predicted octanol–water partition coefficient (Wildman–Crippen LogP) is 1.95. The lowest BCUT2D eigenvalue weighted by atomic mass is 10.1. The third kappa shape index (κ3) is 3.40. The van der Waals surface area contributed by atoms with E-state index in [2.05, 4.69) is 26.7 Å². The van der Waals surface area contributed by atoms with Gasteiger partial charge in [-0.1, -0.05) is 0 Å². The molecule has 27 heavy (non-hydrogen) atoms. The second kappa shape index (κ2) is 7.19. The second-order valence-corrected chi connectivity index (χ2v) is 6.77. The van der Waals surface area contributed by atoms with Gasteiger partial charge in [0.25, 0.3) is 5.56 Å². The largest absolute Gasteiger partial charge is 0.368 e. The Kier molecular flexibility index (Phi) is 4.58. The molecule has 4 rings (SSSR count). The number of rotatable bonds is 3. The van der Waals surface area contributed by atoms with Gasteiger partial charge in [-0.05, 0) is 31.2 Å². The third-order valence-corrected chi connectivity index (χ3v) is 5.00. The number of hydrogen-bond acceptors (Lipinski definition) is 6. The quantitative estimate of drug-likeness (QED) is 0.709. The number of anilines is 2. The van der Waals surface area contributed by atoms with Gasteiger partial charge in [-0.3, -0.25) is 19.3 Å². The van der Waals surface area contributed by atoms with Gasteiger partial charge < -0.3 is 9.80 Å². The summed E-state index contributed by atoms with van der Waals surface area (Å²) in [7, 11) is 1.78. The Hall–Kier alpha value is -3.22. The van der Waals surface area contributed by atoms with Gasteiger partial charge in [0, 0.05) is 74.8 Å². The first-order chi connectivity index (χ1) is 13.1. The van der Waals surface area contributed by atoms with Gasteiger partial charge in [0.1, 0.15) is 0 Å². The molecule has 0 saturated carbocycles. The van der Waals surface area contributed by atoms with E-state index < -0.39 is 0 Å². The second-order valence-electron chi connectivity index (χ2n) is 6.77. The highest BCUT2D eigenvalue weighted by atomic mass is 16.1. The van der Waals surface area contributed by atoms with E-state index in [0.29, 0.717) is 11.6 Å². The van der Waals surface area contributed by atoms with Gasteiger partial charge >= 0.3 is 0 Å². The van der Waals surface area contributed by atoms with E-state index in [1.165, 1.54) is 5.69 Å². The average molecular weight is 362 g/mol. The molecule has 3 aromatic rings. The van der Waals surface area contributed by atoms with Crippen molar-refractivity contribution in [1.82, 2.24) is 19.5 Å². The van der Waals surface area contributed by atoms with Crippen molar-refractivity contribution in [2.45, 2.75) is 13.0 Å². The van der Waals surface area contributed by atoms with Crippen molar-refractivity contribution in [3.63, 3.8) is 0 Å². The van der Waals surface area contributed by atoms with Crippen LogP contribution in [-0.4, -0.2) is 45.2 Å². The van der Waals surface area contributed by atoms with E-state index in [0.717, 1.165) is 25.2 Å². The monoisotopic (exact) mass is 362 g/mol. The fraction of sp³-hybridized carbons (Fsp3) is 0.300. The maximum Gasteiger partial charge on any atom is 0.255 e. The fourth-order valence-electron chi connectivity index (χ4n) is 3.50. The lowest BCUT2D eigenvalue weighted by molar-refractivity contribution is 0.529. The maximum absolute atomic E-state index is 12.5. The van der Waals surface area contributed by atoms with Crippen LogP contribution in [0.2, 0.25) is 0 Å². The van der Waals surface area contributed by atoms with Crippen LogP contribution in [0, 0.1) is 0 Å². The minimum Gasteiger partial charge on any atom is -0.368 e. The highest BCUT2D eigenvalue weighted by Gasteiger charge is 2.27. The molecule has 1 aliphatic heterocycles. The van der Waals surface area contributed by atoms with Crippen molar-refractivity contribution < 1.29 is 0 Å². The summed E-state index contributed by atoms with van der Waals surface area (Å²) in [6, 6.07) is 9.60. The maximum atomic E-state index is 12.5. The van der Waals surface area contributed by atoms with Crippen LogP contribution in [0.1, 0.15) is 6.92 Å². The van der Waals surface area contributed by atoms with Crippen LogP contribution < -0.4 is 15.4 Å². The number of pyridine rings is 2. The smallest absolute Gasteiger partial charge is 0.255 e. The lowest BCUT2D eigenvalue weighted by Gasteiger charge is -2.41. The molecule has 0 unspecified atom stereocenters. The molecule has 0 bridgehead atoms. The van der Waals surface area contributed by atoms with Crippen molar-refractivity contribution in [2.75, 3.05) is 29.4 Å². The van der Waals surface area contributed by atoms with Crippen molar-refractivity contribution in [3.05, 3.63) is 65.5 Å². The summed E-state index contributed by atoms with van der Waals surface area (Å²) < 4.78 is 1.63. The number of piperazine rings is 1. The summed E-state index contributed by atoms with van der Waals surface area (Å²) in [4.78, 5) is 30.0. The summed E-state index contributed by atoms with van der Waals surface area (Å²) in [5.41, 5.74) is 2.69. The molecule has 0 spiro atoms. The highest BCUT2D eigenvalue weighted by molar-refractivity contribution is 5.60. The van der Waals surface area contributed by atoms with Crippen LogP contribution in [0.5, 0.6) is 0 Å². The first-order valence-corrected chi connectivity index (χ1v) is 9.03. The molecule has 1 fully saturated rings. The molecule has 4 heterocycles. The molecular weight excluding hydrogens is 340 g/mol. The normalized spacial score (nSPS) is 17.2. The first-order valence-electron chi connectivity index (χ1n) is 9.03. The molecule has 1 aliphatic rings. The standard InChI is InChI=1S/C20H22N6O/c1-15-14-25(17-5-9-22-10-6-17)11-12-26(15)20-23-18(13-19(27)24(20)2)16-3-7-21-8-4-16/h3-10,13,15H,11-12,14H2,1-2H3/t15-/m1/s1. The Bertz CT molecular complexity index is 973. The van der Waals surface area contributed by atoms with Gasteiger partial charge in [0.05, 0.1) is 5.69 Å². The summed E-state index contributed by atoms with van der Waals surface area (Å²) >= 11 is 0. The fourth-order valence-corrected chi connectivity index (χ4v) is 3.50. The van der Waals surface area contributed by atoms with Gasteiger partial charge in [-0.2, -0.15) is 0 Å². The number of hydrogen-bond donors (Lipinski definition) is 0. The molecule has 0 radical (unpaired) electrons. The number of aromatic nitrogens is 4. The van der Waals surface area contributed by atoms with Crippen LogP contribution in [0.4, 0.5) is 11.6 Å². The van der Waals surface area contributed by atoms with E-state index in [9.17, 15) is 4.79 Å². The zero-order valence-electron chi connectivity index (χ0n) is 15.5. The van der Waals surface area contributed by atoms with Crippen LogP contribution in [0.3, 0.4) is 0 Å². The molecule has 7 nitrogen and oxygen atoms in total. The molecule has 3 aromatic heterocycles. The number of nitrogens with zero attached hydrogens (tertiary/aromatic N) is 6. The van der Waals surface area contributed by atoms with Gasteiger partial charge in [0.2, 0.25) is 5.95 Å². The molecule has 1 saturated heterocycles. The average Bonchev–Trinajstić information content (AvgIpc) is 2.71. The molecule has 0 amide bonds. The molecule has 0 aromatic carbocycles. The van der Waals surface area contributed by atoms with Crippen molar-refractivity contribution in [1.29, 1.82) is 0 Å². The summed E-state index contributed by atoms with van der Waals surface area (Å²) in [6.07, 6.45) is 7.06. The lowest BCUT2D eigenvalue weighted by Crippen LogP contribution is -2.53. The van der Waals surface area contributed by atoms with E-state index in [1.54, 1.807) is 30.1 Å². The van der Waals surface area contributed by atoms with Gasteiger partial charge in [0.15, 0.2) is 0 Å². The Morgan fingerprint density at radius 1 is 1.00 bits per heavy atom. The minimum absolute atomic E-state index is 0.0597. The molecule has 0 aliphatic carbocycles. The zero-order valence-corrected chi connectivity index (χ0v) is 15.5. The van der Waals surface area contributed by atoms with E-state index in [1.807, 2.05) is 36.7 Å². The van der Waals surface area contributed by atoms with Crippen LogP contribution >= 0.6 is 0 Å². The summed E-state index contributed by atoms with van der Waals surface area (Å²) in [6.45, 7) is 4.69. The first kappa shape index (κ1) is 17.2. The predicted molar refractivity (Wildman–Crippen MR) is 106 cm³/mol. The van der Waals surface area contributed by atoms with Gasteiger partial charge in [-0.15, -0.1) is 0 Å². The zero-order chi connectivity index (χ0) is 18.8. The highest BCUT2D eigenvalue weighted by Crippen LogP contribution is 2.23. The SMILES string of the molecule is C[C@@H]1CN(c2ccncc2)CCN1c1nc(-c2ccncc2)cc(=O)n1C. The van der Waals surface area contributed by atoms with Crippen LogP contribution in [-0.2, 0) is 7.05 Å². The Morgan fingerprint density at radius 3 is 2.33 bits per heavy atom. The van der Waals surface area contributed by atoms with Gasteiger partial charge in [-0.25, -0.2) is 4.98 Å². The van der Waals surface area contributed by atoms with Crippen LogP contribution in [0.25, 0.3) is 11.3 Å². The molecule has 1 atom stereocenters. The van der Waals surface area contributed by atoms with E-state index in [-0.39, 0.29) is 11.6 Å².